The number of amides is 1. The summed E-state index contributed by atoms with van der Waals surface area (Å²) >= 11 is 0. The number of hydrogen-bond donors (Lipinski definition) is 2. The number of nitrogens with two attached hydrogens (primary N) is 1. The average Bonchev–Trinajstić information content (AvgIpc) is 2.67. The van der Waals surface area contributed by atoms with Crippen LogP contribution in [0.5, 0.6) is 0 Å². The Morgan fingerprint density at radius 2 is 2.47 bits per heavy atom. The van der Waals surface area contributed by atoms with Crippen molar-refractivity contribution in [2.24, 2.45) is 5.73 Å². The molecule has 86 valence electrons. The van der Waals surface area contributed by atoms with Gasteiger partial charge in [0.05, 0.1) is 0 Å². The van der Waals surface area contributed by atoms with E-state index in [1.165, 1.54) is 24.8 Å². The SMILES string of the molecule is CC(N)CCC(=O)NCCC1=CCCC1. The van der Waals surface area contributed by atoms with Crippen molar-refractivity contribution in [3.8, 4) is 0 Å². The molecule has 1 atom stereocenters. The van der Waals surface area contributed by atoms with E-state index >= 15 is 0 Å². The Hall–Kier alpha value is -0.830. The van der Waals surface area contributed by atoms with Crippen molar-refractivity contribution in [2.75, 3.05) is 6.54 Å². The Kier molecular flexibility index (Phi) is 5.40. The minimum atomic E-state index is 0.119. The van der Waals surface area contributed by atoms with Crippen molar-refractivity contribution >= 4 is 5.91 Å². The van der Waals surface area contributed by atoms with Gasteiger partial charge < -0.3 is 11.1 Å². The molecule has 0 fully saturated rings. The number of carbonyl (C=O) groups excluding carboxylic acids is 1. The molecule has 3 nitrogen and oxygen atoms in total. The van der Waals surface area contributed by atoms with E-state index in [0.717, 1.165) is 19.4 Å². The molecule has 1 unspecified atom stereocenters. The zero-order chi connectivity index (χ0) is 11.1. The molecule has 3 heteroatoms. The summed E-state index contributed by atoms with van der Waals surface area (Å²) in [7, 11) is 0. The van der Waals surface area contributed by atoms with Crippen LogP contribution in [0, 0.1) is 0 Å². The first-order valence-corrected chi connectivity index (χ1v) is 5.88. The van der Waals surface area contributed by atoms with E-state index < -0.39 is 0 Å². The van der Waals surface area contributed by atoms with E-state index in [4.69, 9.17) is 5.73 Å². The molecule has 0 aromatic rings. The normalized spacial score (nSPS) is 17.3. The maximum atomic E-state index is 11.3. The smallest absolute Gasteiger partial charge is 0.220 e. The Labute approximate surface area is 92.1 Å². The Balaban J connectivity index is 2.01. The van der Waals surface area contributed by atoms with E-state index in [9.17, 15) is 4.79 Å². The van der Waals surface area contributed by atoms with Crippen LogP contribution >= 0.6 is 0 Å². The number of carbonyl (C=O) groups is 1. The Bertz CT molecular complexity index is 234. The summed E-state index contributed by atoms with van der Waals surface area (Å²) in [6, 6.07) is 0.119. The van der Waals surface area contributed by atoms with Gasteiger partial charge in [0.25, 0.3) is 0 Å². The van der Waals surface area contributed by atoms with Crippen LogP contribution in [0.3, 0.4) is 0 Å². The van der Waals surface area contributed by atoms with E-state index in [0.29, 0.717) is 6.42 Å². The lowest BCUT2D eigenvalue weighted by molar-refractivity contribution is -0.121. The third-order valence-electron chi connectivity index (χ3n) is 2.73. The predicted octanol–water partition coefficient (Wildman–Crippen LogP) is 1.73. The van der Waals surface area contributed by atoms with Crippen LogP contribution in [-0.4, -0.2) is 18.5 Å². The summed E-state index contributed by atoms with van der Waals surface area (Å²) in [5.74, 6) is 0.130. The Morgan fingerprint density at radius 3 is 3.07 bits per heavy atom. The molecule has 0 aromatic carbocycles. The van der Waals surface area contributed by atoms with Crippen LogP contribution in [0.4, 0.5) is 0 Å². The monoisotopic (exact) mass is 210 g/mol. The molecule has 1 aliphatic rings. The van der Waals surface area contributed by atoms with Gasteiger partial charge in [-0.3, -0.25) is 4.79 Å². The van der Waals surface area contributed by atoms with E-state index in [1.54, 1.807) is 0 Å². The average molecular weight is 210 g/mol. The number of allylic oxidation sites excluding steroid dienone is 1. The van der Waals surface area contributed by atoms with Gasteiger partial charge in [0.15, 0.2) is 0 Å². The van der Waals surface area contributed by atoms with Gasteiger partial charge in [0, 0.05) is 19.0 Å². The van der Waals surface area contributed by atoms with E-state index in [1.807, 2.05) is 6.92 Å². The van der Waals surface area contributed by atoms with Crippen LogP contribution in [0.15, 0.2) is 11.6 Å². The highest BCUT2D eigenvalue weighted by Gasteiger charge is 2.06. The van der Waals surface area contributed by atoms with E-state index in [-0.39, 0.29) is 11.9 Å². The van der Waals surface area contributed by atoms with Crippen LogP contribution in [0.2, 0.25) is 0 Å². The second-order valence-electron chi connectivity index (χ2n) is 4.37. The number of rotatable bonds is 6. The highest BCUT2D eigenvalue weighted by Crippen LogP contribution is 2.19. The summed E-state index contributed by atoms with van der Waals surface area (Å²) in [5.41, 5.74) is 7.08. The molecule has 0 saturated carbocycles. The standard InChI is InChI=1S/C12H22N2O/c1-10(13)6-7-12(15)14-9-8-11-4-2-3-5-11/h4,10H,2-3,5-9,13H2,1H3,(H,14,15). The fourth-order valence-electron chi connectivity index (χ4n) is 1.77. The molecule has 0 saturated heterocycles. The second kappa shape index (κ2) is 6.62. The molecular weight excluding hydrogens is 188 g/mol. The number of nitrogens with one attached hydrogen (secondary N) is 1. The first kappa shape index (κ1) is 12.2. The fourth-order valence-corrected chi connectivity index (χ4v) is 1.77. The molecule has 0 bridgehead atoms. The molecule has 0 aromatic heterocycles. The van der Waals surface area contributed by atoms with Crippen molar-refractivity contribution in [2.45, 2.75) is 51.5 Å². The van der Waals surface area contributed by atoms with Gasteiger partial charge in [-0.1, -0.05) is 11.6 Å². The van der Waals surface area contributed by atoms with E-state index in [2.05, 4.69) is 11.4 Å². The van der Waals surface area contributed by atoms with Crippen molar-refractivity contribution in [1.82, 2.24) is 5.32 Å². The molecule has 0 heterocycles. The van der Waals surface area contributed by atoms with Gasteiger partial charge in [0.1, 0.15) is 0 Å². The molecular formula is C12H22N2O. The van der Waals surface area contributed by atoms with Crippen molar-refractivity contribution in [1.29, 1.82) is 0 Å². The Morgan fingerprint density at radius 1 is 1.67 bits per heavy atom. The predicted molar refractivity (Wildman–Crippen MR) is 62.4 cm³/mol. The van der Waals surface area contributed by atoms with Crippen molar-refractivity contribution in [3.05, 3.63) is 11.6 Å². The minimum Gasteiger partial charge on any atom is -0.356 e. The lowest BCUT2D eigenvalue weighted by Crippen LogP contribution is -2.26. The molecule has 1 aliphatic carbocycles. The maximum Gasteiger partial charge on any atom is 0.220 e. The molecule has 1 amide bonds. The lowest BCUT2D eigenvalue weighted by atomic mass is 10.1. The fraction of sp³-hybridized carbons (Fsp3) is 0.750. The zero-order valence-electron chi connectivity index (χ0n) is 9.59. The summed E-state index contributed by atoms with van der Waals surface area (Å²) < 4.78 is 0. The summed E-state index contributed by atoms with van der Waals surface area (Å²) in [6.07, 6.45) is 8.36. The van der Waals surface area contributed by atoms with Crippen molar-refractivity contribution < 1.29 is 4.79 Å². The maximum absolute atomic E-state index is 11.3. The molecule has 3 N–H and O–H groups in total. The number of hydrogen-bond acceptors (Lipinski definition) is 2. The topological polar surface area (TPSA) is 55.1 Å². The first-order chi connectivity index (χ1) is 7.18. The van der Waals surface area contributed by atoms with Crippen LogP contribution in [0.1, 0.15) is 45.4 Å². The molecule has 15 heavy (non-hydrogen) atoms. The van der Waals surface area contributed by atoms with Crippen LogP contribution in [0.25, 0.3) is 0 Å². The molecule has 0 radical (unpaired) electrons. The highest BCUT2D eigenvalue weighted by atomic mass is 16.1. The van der Waals surface area contributed by atoms with Crippen LogP contribution < -0.4 is 11.1 Å². The molecule has 0 spiro atoms. The lowest BCUT2D eigenvalue weighted by Gasteiger charge is -2.07. The highest BCUT2D eigenvalue weighted by molar-refractivity contribution is 5.75. The van der Waals surface area contributed by atoms with Gasteiger partial charge in [-0.2, -0.15) is 0 Å². The second-order valence-corrected chi connectivity index (χ2v) is 4.37. The minimum absolute atomic E-state index is 0.119. The van der Waals surface area contributed by atoms with Gasteiger partial charge in [-0.25, -0.2) is 0 Å². The largest absolute Gasteiger partial charge is 0.356 e. The quantitative estimate of drug-likeness (QED) is 0.656. The summed E-state index contributed by atoms with van der Waals surface area (Å²) in [4.78, 5) is 11.3. The van der Waals surface area contributed by atoms with Gasteiger partial charge in [-0.15, -0.1) is 0 Å². The molecule has 1 rings (SSSR count). The molecule has 0 aliphatic heterocycles. The van der Waals surface area contributed by atoms with Crippen molar-refractivity contribution in [3.63, 3.8) is 0 Å². The van der Waals surface area contributed by atoms with Gasteiger partial charge >= 0.3 is 0 Å². The van der Waals surface area contributed by atoms with Crippen LogP contribution in [-0.2, 0) is 4.79 Å². The van der Waals surface area contributed by atoms with Gasteiger partial charge in [-0.05, 0) is 39.0 Å². The third-order valence-corrected chi connectivity index (χ3v) is 2.73. The zero-order valence-corrected chi connectivity index (χ0v) is 9.59. The third kappa shape index (κ3) is 5.57. The first-order valence-electron chi connectivity index (χ1n) is 5.88. The summed E-state index contributed by atoms with van der Waals surface area (Å²) in [6.45, 7) is 2.71. The van der Waals surface area contributed by atoms with Gasteiger partial charge in [0.2, 0.25) is 5.91 Å². The summed E-state index contributed by atoms with van der Waals surface area (Å²) in [5, 5.41) is 2.93.